The molecule has 1 fully saturated rings. The third-order valence-electron chi connectivity index (χ3n) is 6.69. The number of fused-ring (bicyclic) bond motifs is 1. The van der Waals surface area contributed by atoms with Gasteiger partial charge in [0.25, 0.3) is 5.89 Å². The van der Waals surface area contributed by atoms with Crippen molar-refractivity contribution in [2.75, 3.05) is 0 Å². The van der Waals surface area contributed by atoms with Crippen LogP contribution in [0.15, 0.2) is 101 Å². The Morgan fingerprint density at radius 3 is 2.53 bits per heavy atom. The minimum Gasteiger partial charge on any atom is -0.419 e. The van der Waals surface area contributed by atoms with Gasteiger partial charge in [-0.15, -0.1) is 10.2 Å². The molecule has 0 bridgehead atoms. The van der Waals surface area contributed by atoms with E-state index in [0.717, 1.165) is 34.6 Å². The molecular weight excluding hydrogens is 422 g/mol. The van der Waals surface area contributed by atoms with Gasteiger partial charge in [0.2, 0.25) is 5.89 Å². The first-order valence-electron chi connectivity index (χ1n) is 11.5. The summed E-state index contributed by atoms with van der Waals surface area (Å²) in [5.74, 6) is 1.20. The average molecular weight is 448 g/mol. The maximum Gasteiger partial charge on any atom is 0.251 e. The van der Waals surface area contributed by atoms with Crippen LogP contribution in [-0.4, -0.2) is 20.0 Å². The lowest BCUT2D eigenvalue weighted by molar-refractivity contribution is 0.335. The summed E-state index contributed by atoms with van der Waals surface area (Å²) in [5.41, 5.74) is 12.0. The first-order valence-corrected chi connectivity index (χ1v) is 11.5. The van der Waals surface area contributed by atoms with Crippen molar-refractivity contribution in [3.05, 3.63) is 108 Å². The lowest BCUT2D eigenvalue weighted by Crippen LogP contribution is -2.34. The Labute approximate surface area is 198 Å². The van der Waals surface area contributed by atoms with Gasteiger partial charge in [0.1, 0.15) is 5.69 Å². The smallest absolute Gasteiger partial charge is 0.251 e. The van der Waals surface area contributed by atoms with E-state index in [1.54, 1.807) is 0 Å². The fourth-order valence-electron chi connectivity index (χ4n) is 4.97. The molecule has 6 heteroatoms. The number of nitrogens with two attached hydrogens (primary N) is 1. The molecular formula is C28H25N5O. The summed E-state index contributed by atoms with van der Waals surface area (Å²) in [6.45, 7) is 2.03. The monoisotopic (exact) mass is 447 g/mol. The van der Waals surface area contributed by atoms with E-state index in [1.165, 1.54) is 5.57 Å². The number of rotatable bonds is 4. The predicted molar refractivity (Wildman–Crippen MR) is 132 cm³/mol. The van der Waals surface area contributed by atoms with Crippen LogP contribution in [-0.2, 0) is 5.54 Å². The summed E-state index contributed by atoms with van der Waals surface area (Å²) in [6.07, 6.45) is 12.0. The highest BCUT2D eigenvalue weighted by Gasteiger charge is 2.44. The molecule has 168 valence electrons. The lowest BCUT2D eigenvalue weighted by atomic mass is 9.97. The second-order valence-electron chi connectivity index (χ2n) is 8.99. The normalized spacial score (nSPS) is 21.4. The van der Waals surface area contributed by atoms with Gasteiger partial charge < -0.3 is 10.2 Å². The Morgan fingerprint density at radius 2 is 1.74 bits per heavy atom. The van der Waals surface area contributed by atoms with E-state index >= 15 is 0 Å². The molecule has 2 aromatic carbocycles. The van der Waals surface area contributed by atoms with E-state index in [9.17, 15) is 0 Å². The van der Waals surface area contributed by atoms with Crippen LogP contribution in [0.2, 0.25) is 0 Å². The van der Waals surface area contributed by atoms with E-state index < -0.39 is 5.54 Å². The van der Waals surface area contributed by atoms with Crippen molar-refractivity contribution in [1.82, 2.24) is 20.0 Å². The molecule has 6 rings (SSSR count). The van der Waals surface area contributed by atoms with E-state index in [4.69, 9.17) is 15.2 Å². The maximum atomic E-state index is 6.85. The molecule has 2 aromatic heterocycles. The second-order valence-corrected chi connectivity index (χ2v) is 8.99. The highest BCUT2D eigenvalue weighted by molar-refractivity contribution is 5.79. The fourth-order valence-corrected chi connectivity index (χ4v) is 4.97. The topological polar surface area (TPSA) is 82.8 Å². The third-order valence-corrected chi connectivity index (χ3v) is 6.69. The quantitative estimate of drug-likeness (QED) is 0.446. The van der Waals surface area contributed by atoms with E-state index in [1.807, 2.05) is 78.3 Å². The van der Waals surface area contributed by atoms with Gasteiger partial charge in [0, 0.05) is 11.5 Å². The molecule has 1 saturated carbocycles. The van der Waals surface area contributed by atoms with Gasteiger partial charge in [-0.2, -0.15) is 5.10 Å². The third kappa shape index (κ3) is 3.43. The van der Waals surface area contributed by atoms with Crippen LogP contribution in [0.25, 0.3) is 28.4 Å². The standard InChI is InChI=1S/C28H25N5O/c1-19-24(25(20-11-5-2-6-12-20)32-33(19)23-15-9-4-10-16-23)26-30-31-27(34-26)28(29)17-21-13-7-3-8-14-22(21)18-28/h2-16,21H,17-18,29H2,1H3/t21?,28-/m1/s1. The summed E-state index contributed by atoms with van der Waals surface area (Å²) in [6, 6.07) is 20.1. The molecule has 34 heavy (non-hydrogen) atoms. The molecule has 2 atom stereocenters. The van der Waals surface area contributed by atoms with Crippen molar-refractivity contribution in [2.24, 2.45) is 11.7 Å². The summed E-state index contributed by atoms with van der Waals surface area (Å²) in [7, 11) is 0. The molecule has 6 nitrogen and oxygen atoms in total. The SMILES string of the molecule is Cc1c(-c2nnc([C@]3(N)CC4=CC=CC=CC4C3)o2)c(-c2ccccc2)nn1-c1ccccc1. The zero-order chi connectivity index (χ0) is 23.1. The first kappa shape index (κ1) is 20.6. The van der Waals surface area contributed by atoms with Gasteiger partial charge in [-0.3, -0.25) is 0 Å². The van der Waals surface area contributed by atoms with Crippen LogP contribution < -0.4 is 5.73 Å². The number of benzene rings is 2. The molecule has 2 heterocycles. The van der Waals surface area contributed by atoms with Crippen molar-refractivity contribution in [3.63, 3.8) is 0 Å². The minimum atomic E-state index is -0.687. The fraction of sp³-hybridized carbons (Fsp3) is 0.179. The number of allylic oxidation sites excluding steroid dienone is 5. The van der Waals surface area contributed by atoms with E-state index in [0.29, 0.717) is 18.2 Å². The van der Waals surface area contributed by atoms with Crippen LogP contribution >= 0.6 is 0 Å². The molecule has 2 aliphatic carbocycles. The van der Waals surface area contributed by atoms with Gasteiger partial charge in [-0.05, 0) is 31.9 Å². The lowest BCUT2D eigenvalue weighted by Gasteiger charge is -2.18. The van der Waals surface area contributed by atoms with Crippen LogP contribution in [0.4, 0.5) is 0 Å². The largest absolute Gasteiger partial charge is 0.419 e. The van der Waals surface area contributed by atoms with Crippen LogP contribution in [0.1, 0.15) is 24.4 Å². The van der Waals surface area contributed by atoms with Gasteiger partial charge in [-0.1, -0.05) is 84.5 Å². The molecule has 2 N–H and O–H groups in total. The van der Waals surface area contributed by atoms with E-state index in [-0.39, 0.29) is 5.92 Å². The van der Waals surface area contributed by atoms with Crippen LogP contribution in [0.3, 0.4) is 0 Å². The molecule has 4 aromatic rings. The Morgan fingerprint density at radius 1 is 0.971 bits per heavy atom. The Hall–Kier alpha value is -4.03. The molecule has 0 radical (unpaired) electrons. The molecule has 0 aliphatic heterocycles. The summed E-state index contributed by atoms with van der Waals surface area (Å²) in [5, 5.41) is 13.9. The van der Waals surface area contributed by atoms with Crippen molar-refractivity contribution in [1.29, 1.82) is 0 Å². The zero-order valence-corrected chi connectivity index (χ0v) is 18.9. The second kappa shape index (κ2) is 8.08. The van der Waals surface area contributed by atoms with Gasteiger partial charge >= 0.3 is 0 Å². The maximum absolute atomic E-state index is 6.85. The van der Waals surface area contributed by atoms with E-state index in [2.05, 4.69) is 34.5 Å². The summed E-state index contributed by atoms with van der Waals surface area (Å²) in [4.78, 5) is 0. The average Bonchev–Trinajstić information content (AvgIpc) is 3.53. The highest BCUT2D eigenvalue weighted by Crippen LogP contribution is 2.45. The molecule has 0 amide bonds. The van der Waals surface area contributed by atoms with Gasteiger partial charge in [0.05, 0.1) is 22.5 Å². The number of hydrogen-bond donors (Lipinski definition) is 1. The first-order chi connectivity index (χ1) is 16.6. The van der Waals surface area contributed by atoms with Gasteiger partial charge in [-0.25, -0.2) is 4.68 Å². The molecule has 0 spiro atoms. The summed E-state index contributed by atoms with van der Waals surface area (Å²) < 4.78 is 8.24. The Balaban J connectivity index is 1.45. The van der Waals surface area contributed by atoms with Crippen molar-refractivity contribution in [2.45, 2.75) is 25.3 Å². The Kier molecular flexibility index (Phi) is 4.89. The number of aromatic nitrogens is 4. The number of nitrogens with zero attached hydrogens (tertiary/aromatic N) is 4. The predicted octanol–water partition coefficient (Wildman–Crippen LogP) is 5.51. The van der Waals surface area contributed by atoms with Crippen LogP contribution in [0.5, 0.6) is 0 Å². The van der Waals surface area contributed by atoms with Gasteiger partial charge in [0.15, 0.2) is 0 Å². The van der Waals surface area contributed by atoms with Crippen LogP contribution in [0, 0.1) is 12.8 Å². The van der Waals surface area contributed by atoms with Crippen molar-refractivity contribution < 1.29 is 4.42 Å². The molecule has 0 saturated heterocycles. The zero-order valence-electron chi connectivity index (χ0n) is 18.9. The molecule has 1 unspecified atom stereocenters. The highest BCUT2D eigenvalue weighted by atomic mass is 16.4. The van der Waals surface area contributed by atoms with Crippen molar-refractivity contribution >= 4 is 0 Å². The minimum absolute atomic E-state index is 0.290. The number of para-hydroxylation sites is 1. The van der Waals surface area contributed by atoms with Crippen molar-refractivity contribution in [3.8, 4) is 28.4 Å². The molecule has 2 aliphatic rings. The number of hydrogen-bond acceptors (Lipinski definition) is 5. The Bertz CT molecular complexity index is 1430. The summed E-state index contributed by atoms with van der Waals surface area (Å²) >= 11 is 0.